The van der Waals surface area contributed by atoms with Crippen molar-refractivity contribution in [2.45, 2.75) is 51.7 Å². The minimum absolute atomic E-state index is 0.0597. The van der Waals surface area contributed by atoms with Crippen molar-refractivity contribution in [3.05, 3.63) is 16.7 Å². The Balaban J connectivity index is 2.21. The molecule has 16 heavy (non-hydrogen) atoms. The average Bonchev–Trinajstić information content (AvgIpc) is 2.70. The highest BCUT2D eigenvalue weighted by Crippen LogP contribution is 2.33. The number of imidazole rings is 1. The molecule has 1 saturated carbocycles. The summed E-state index contributed by atoms with van der Waals surface area (Å²) in [6, 6.07) is 0.404. The molecule has 1 aromatic heterocycles. The van der Waals surface area contributed by atoms with E-state index >= 15 is 0 Å². The van der Waals surface area contributed by atoms with E-state index in [-0.39, 0.29) is 6.61 Å². The van der Waals surface area contributed by atoms with Crippen LogP contribution in [-0.2, 0) is 6.61 Å². The molecule has 1 heterocycles. The summed E-state index contributed by atoms with van der Waals surface area (Å²) in [5.74, 6) is 0.710. The number of nitrogens with zero attached hydrogens (tertiary/aromatic N) is 1. The molecule has 90 valence electrons. The van der Waals surface area contributed by atoms with Gasteiger partial charge in [-0.3, -0.25) is 0 Å². The van der Waals surface area contributed by atoms with Crippen molar-refractivity contribution in [2.75, 3.05) is 0 Å². The molecule has 0 bridgehead atoms. The van der Waals surface area contributed by atoms with Gasteiger partial charge in [0.2, 0.25) is 0 Å². The summed E-state index contributed by atoms with van der Waals surface area (Å²) in [6.45, 7) is 2.28. The van der Waals surface area contributed by atoms with Crippen LogP contribution in [0, 0.1) is 10.7 Å². The van der Waals surface area contributed by atoms with E-state index in [4.69, 9.17) is 12.2 Å². The number of nitrogens with one attached hydrogen (secondary N) is 1. The molecule has 0 radical (unpaired) electrons. The van der Waals surface area contributed by atoms with Gasteiger partial charge in [-0.1, -0.05) is 19.3 Å². The van der Waals surface area contributed by atoms with Crippen LogP contribution in [0.3, 0.4) is 0 Å². The second-order valence-electron chi connectivity index (χ2n) is 4.75. The van der Waals surface area contributed by atoms with Gasteiger partial charge in [-0.25, -0.2) is 0 Å². The van der Waals surface area contributed by atoms with Crippen molar-refractivity contribution in [1.82, 2.24) is 9.55 Å². The Morgan fingerprint density at radius 3 is 2.81 bits per heavy atom. The molecule has 0 amide bonds. The Morgan fingerprint density at radius 1 is 1.50 bits per heavy atom. The van der Waals surface area contributed by atoms with Crippen molar-refractivity contribution in [2.24, 2.45) is 5.92 Å². The molecule has 1 fully saturated rings. The van der Waals surface area contributed by atoms with Crippen molar-refractivity contribution >= 4 is 12.2 Å². The number of hydrogen-bond donors (Lipinski definition) is 2. The third-order valence-electron chi connectivity index (χ3n) is 3.79. The first-order valence-electron chi connectivity index (χ1n) is 6.13. The minimum atomic E-state index is 0.0597. The Hall–Kier alpha value is -0.610. The van der Waals surface area contributed by atoms with Crippen LogP contribution < -0.4 is 0 Å². The zero-order valence-electron chi connectivity index (χ0n) is 9.78. The lowest BCUT2D eigenvalue weighted by atomic mass is 9.84. The van der Waals surface area contributed by atoms with E-state index in [2.05, 4.69) is 16.5 Å². The van der Waals surface area contributed by atoms with Gasteiger partial charge in [0.25, 0.3) is 0 Å². The second kappa shape index (κ2) is 5.15. The summed E-state index contributed by atoms with van der Waals surface area (Å²) < 4.78 is 2.83. The monoisotopic (exact) mass is 240 g/mol. The molecule has 3 nitrogen and oxygen atoms in total. The highest BCUT2D eigenvalue weighted by molar-refractivity contribution is 7.71. The molecule has 0 spiro atoms. The van der Waals surface area contributed by atoms with Crippen molar-refractivity contribution < 1.29 is 5.11 Å². The van der Waals surface area contributed by atoms with Crippen LogP contribution in [0.25, 0.3) is 0 Å². The third kappa shape index (κ3) is 2.23. The lowest BCUT2D eigenvalue weighted by molar-refractivity contribution is 0.232. The van der Waals surface area contributed by atoms with Gasteiger partial charge in [-0.05, 0) is 37.9 Å². The molecule has 1 unspecified atom stereocenters. The number of rotatable bonds is 3. The van der Waals surface area contributed by atoms with Crippen LogP contribution in [0.15, 0.2) is 6.20 Å². The van der Waals surface area contributed by atoms with Crippen molar-refractivity contribution in [3.63, 3.8) is 0 Å². The topological polar surface area (TPSA) is 41.0 Å². The third-order valence-corrected chi connectivity index (χ3v) is 4.11. The van der Waals surface area contributed by atoms with E-state index < -0.39 is 0 Å². The number of hydrogen-bond acceptors (Lipinski definition) is 2. The summed E-state index contributed by atoms with van der Waals surface area (Å²) in [5, 5.41) is 9.29. The second-order valence-corrected chi connectivity index (χ2v) is 5.14. The number of aromatic amines is 1. The van der Waals surface area contributed by atoms with Gasteiger partial charge in [-0.15, -0.1) is 0 Å². The first-order chi connectivity index (χ1) is 7.74. The molecule has 0 aromatic carbocycles. The standard InChI is InChI=1S/C12H20N2OS/c1-9(10-5-3-2-4-6-10)14-11(8-15)7-13-12(14)16/h7,9-10,15H,2-6,8H2,1H3,(H,13,16). The summed E-state index contributed by atoms with van der Waals surface area (Å²) >= 11 is 5.28. The first-order valence-corrected chi connectivity index (χ1v) is 6.54. The van der Waals surface area contributed by atoms with E-state index in [1.165, 1.54) is 32.1 Å². The summed E-state index contributed by atoms with van der Waals surface area (Å²) in [7, 11) is 0. The van der Waals surface area contributed by atoms with E-state index in [0.717, 1.165) is 10.5 Å². The fraction of sp³-hybridized carbons (Fsp3) is 0.750. The number of aliphatic hydroxyl groups is 1. The van der Waals surface area contributed by atoms with Crippen LogP contribution in [0.4, 0.5) is 0 Å². The number of H-pyrrole nitrogens is 1. The highest BCUT2D eigenvalue weighted by atomic mass is 32.1. The Labute approximate surface area is 102 Å². The fourth-order valence-electron chi connectivity index (χ4n) is 2.81. The van der Waals surface area contributed by atoms with E-state index in [1.54, 1.807) is 0 Å². The zero-order chi connectivity index (χ0) is 11.5. The summed E-state index contributed by atoms with van der Waals surface area (Å²) in [5.41, 5.74) is 0.906. The Morgan fingerprint density at radius 2 is 2.19 bits per heavy atom. The summed E-state index contributed by atoms with van der Waals surface area (Å²) in [4.78, 5) is 3.03. The van der Waals surface area contributed by atoms with Crippen molar-refractivity contribution in [3.8, 4) is 0 Å². The van der Waals surface area contributed by atoms with Crippen LogP contribution in [0.1, 0.15) is 50.8 Å². The maximum atomic E-state index is 9.29. The molecule has 2 rings (SSSR count). The van der Waals surface area contributed by atoms with Gasteiger partial charge >= 0.3 is 0 Å². The van der Waals surface area contributed by atoms with Crippen LogP contribution in [0.5, 0.6) is 0 Å². The van der Waals surface area contributed by atoms with Crippen LogP contribution >= 0.6 is 12.2 Å². The number of aromatic nitrogens is 2. The quantitative estimate of drug-likeness (QED) is 0.797. The molecular weight excluding hydrogens is 220 g/mol. The van der Waals surface area contributed by atoms with E-state index in [1.807, 2.05) is 6.20 Å². The largest absolute Gasteiger partial charge is 0.390 e. The molecule has 0 saturated heterocycles. The molecule has 4 heteroatoms. The minimum Gasteiger partial charge on any atom is -0.390 e. The predicted octanol–water partition coefficient (Wildman–Crippen LogP) is 3.18. The van der Waals surface area contributed by atoms with E-state index in [0.29, 0.717) is 12.0 Å². The number of aliphatic hydroxyl groups excluding tert-OH is 1. The maximum absolute atomic E-state index is 9.29. The fourth-order valence-corrected chi connectivity index (χ4v) is 3.15. The van der Waals surface area contributed by atoms with Gasteiger partial charge < -0.3 is 14.7 Å². The smallest absolute Gasteiger partial charge is 0.177 e. The molecule has 1 aliphatic carbocycles. The predicted molar refractivity (Wildman–Crippen MR) is 66.8 cm³/mol. The molecule has 2 N–H and O–H groups in total. The SMILES string of the molecule is CC(C1CCCCC1)n1c(CO)c[nH]c1=S. The van der Waals surface area contributed by atoms with Crippen LogP contribution in [0.2, 0.25) is 0 Å². The highest BCUT2D eigenvalue weighted by Gasteiger charge is 2.23. The lowest BCUT2D eigenvalue weighted by Crippen LogP contribution is -2.21. The molecule has 0 aliphatic heterocycles. The van der Waals surface area contributed by atoms with Gasteiger partial charge in [0.15, 0.2) is 4.77 Å². The van der Waals surface area contributed by atoms with Gasteiger partial charge in [0.1, 0.15) is 0 Å². The van der Waals surface area contributed by atoms with Gasteiger partial charge in [0.05, 0.1) is 12.3 Å². The zero-order valence-corrected chi connectivity index (χ0v) is 10.6. The first kappa shape index (κ1) is 11.9. The van der Waals surface area contributed by atoms with Gasteiger partial charge in [0, 0.05) is 12.2 Å². The van der Waals surface area contributed by atoms with Crippen LogP contribution in [-0.4, -0.2) is 14.7 Å². The van der Waals surface area contributed by atoms with Crippen molar-refractivity contribution in [1.29, 1.82) is 0 Å². The molecule has 1 aliphatic rings. The Bertz CT molecular complexity index is 390. The molecule has 1 aromatic rings. The lowest BCUT2D eigenvalue weighted by Gasteiger charge is -2.29. The van der Waals surface area contributed by atoms with Gasteiger partial charge in [-0.2, -0.15) is 0 Å². The Kier molecular flexibility index (Phi) is 3.82. The van der Waals surface area contributed by atoms with E-state index in [9.17, 15) is 5.11 Å². The maximum Gasteiger partial charge on any atom is 0.177 e. The molecular formula is C12H20N2OS. The summed E-state index contributed by atoms with van der Waals surface area (Å²) in [6.07, 6.45) is 8.44. The molecule has 1 atom stereocenters. The normalized spacial score (nSPS) is 19.9. The average molecular weight is 240 g/mol.